The molecular formula is C23H22FN5S. The molecule has 1 saturated heterocycles. The predicted octanol–water partition coefficient (Wildman–Crippen LogP) is 4.99. The van der Waals surface area contributed by atoms with Crippen LogP contribution in [0.2, 0.25) is 0 Å². The van der Waals surface area contributed by atoms with Gasteiger partial charge in [-0.3, -0.25) is 0 Å². The number of thiophene rings is 1. The Morgan fingerprint density at radius 2 is 1.67 bits per heavy atom. The van der Waals surface area contributed by atoms with E-state index < -0.39 is 0 Å². The molecule has 1 fully saturated rings. The van der Waals surface area contributed by atoms with Crippen LogP contribution in [0.1, 0.15) is 0 Å². The van der Waals surface area contributed by atoms with Crippen LogP contribution in [0.5, 0.6) is 0 Å². The van der Waals surface area contributed by atoms with Crippen molar-refractivity contribution in [2.75, 3.05) is 43.4 Å². The Hall–Kier alpha value is -3.03. The number of nitrogens with zero attached hydrogens (tertiary/aromatic N) is 4. The number of likely N-dealkylation sites (N-methyl/N-ethyl adjacent to an activating group) is 1. The van der Waals surface area contributed by atoms with Gasteiger partial charge in [0.1, 0.15) is 22.8 Å². The number of nitrogens with one attached hydrogen (secondary N) is 1. The molecule has 30 heavy (non-hydrogen) atoms. The number of halogens is 1. The first-order valence-electron chi connectivity index (χ1n) is 9.96. The van der Waals surface area contributed by atoms with E-state index in [1.54, 1.807) is 29.8 Å². The molecule has 0 bridgehead atoms. The van der Waals surface area contributed by atoms with Crippen LogP contribution in [-0.4, -0.2) is 48.1 Å². The molecule has 0 aliphatic carbocycles. The molecule has 3 heterocycles. The fourth-order valence-corrected chi connectivity index (χ4v) is 4.68. The Morgan fingerprint density at radius 1 is 0.933 bits per heavy atom. The molecule has 5 rings (SSSR count). The second-order valence-electron chi connectivity index (χ2n) is 7.52. The van der Waals surface area contributed by atoms with Gasteiger partial charge < -0.3 is 15.1 Å². The van der Waals surface area contributed by atoms with Crippen molar-refractivity contribution in [3.63, 3.8) is 0 Å². The maximum atomic E-state index is 13.4. The van der Waals surface area contributed by atoms with Gasteiger partial charge in [0, 0.05) is 48.5 Å². The second kappa shape index (κ2) is 8.01. The van der Waals surface area contributed by atoms with E-state index in [4.69, 9.17) is 0 Å². The summed E-state index contributed by atoms with van der Waals surface area (Å²) in [4.78, 5) is 14.6. The minimum absolute atomic E-state index is 0.242. The fourth-order valence-electron chi connectivity index (χ4n) is 3.77. The van der Waals surface area contributed by atoms with E-state index in [1.165, 1.54) is 17.8 Å². The van der Waals surface area contributed by atoms with Crippen molar-refractivity contribution >= 4 is 38.7 Å². The predicted molar refractivity (Wildman–Crippen MR) is 122 cm³/mol. The molecule has 0 radical (unpaired) electrons. The zero-order valence-electron chi connectivity index (χ0n) is 16.7. The highest BCUT2D eigenvalue weighted by atomic mass is 32.1. The number of hydrogen-bond acceptors (Lipinski definition) is 6. The standard InChI is InChI=1S/C23H22FN5S/c1-28-10-12-29(13-11-28)19-8-6-18(7-9-19)27-22-21-20(14-30-23(21)26-15-25-22)16-2-4-17(24)5-3-16/h2-9,14-15H,10-13H2,1H3,(H,25,26,27). The lowest BCUT2D eigenvalue weighted by molar-refractivity contribution is 0.313. The molecule has 7 heteroatoms. The highest BCUT2D eigenvalue weighted by Crippen LogP contribution is 2.37. The highest BCUT2D eigenvalue weighted by Gasteiger charge is 2.15. The Labute approximate surface area is 178 Å². The summed E-state index contributed by atoms with van der Waals surface area (Å²) in [7, 11) is 2.16. The van der Waals surface area contributed by atoms with Gasteiger partial charge in [0.25, 0.3) is 0 Å². The van der Waals surface area contributed by atoms with Crippen LogP contribution in [0.3, 0.4) is 0 Å². The molecule has 1 aliphatic rings. The van der Waals surface area contributed by atoms with E-state index in [9.17, 15) is 4.39 Å². The van der Waals surface area contributed by atoms with Crippen molar-refractivity contribution in [3.05, 3.63) is 66.1 Å². The number of rotatable bonds is 4. The first kappa shape index (κ1) is 19.0. The molecule has 1 aliphatic heterocycles. The summed E-state index contributed by atoms with van der Waals surface area (Å²) in [5, 5.41) is 6.45. The average Bonchev–Trinajstić information content (AvgIpc) is 3.21. The van der Waals surface area contributed by atoms with Gasteiger partial charge in [-0.15, -0.1) is 11.3 Å². The number of aromatic nitrogens is 2. The maximum Gasteiger partial charge on any atom is 0.143 e. The van der Waals surface area contributed by atoms with E-state index >= 15 is 0 Å². The van der Waals surface area contributed by atoms with Crippen molar-refractivity contribution < 1.29 is 4.39 Å². The lowest BCUT2D eigenvalue weighted by Crippen LogP contribution is -2.44. The summed E-state index contributed by atoms with van der Waals surface area (Å²) in [6, 6.07) is 15.0. The largest absolute Gasteiger partial charge is 0.369 e. The zero-order valence-corrected chi connectivity index (χ0v) is 17.5. The van der Waals surface area contributed by atoms with Gasteiger partial charge >= 0.3 is 0 Å². The van der Waals surface area contributed by atoms with Crippen LogP contribution in [-0.2, 0) is 0 Å². The smallest absolute Gasteiger partial charge is 0.143 e. The molecule has 0 saturated carbocycles. The summed E-state index contributed by atoms with van der Waals surface area (Å²) in [6.45, 7) is 4.27. The summed E-state index contributed by atoms with van der Waals surface area (Å²) in [6.07, 6.45) is 1.58. The lowest BCUT2D eigenvalue weighted by atomic mass is 10.1. The number of hydrogen-bond donors (Lipinski definition) is 1. The number of fused-ring (bicyclic) bond motifs is 1. The van der Waals surface area contributed by atoms with E-state index in [0.29, 0.717) is 0 Å². The minimum Gasteiger partial charge on any atom is -0.369 e. The van der Waals surface area contributed by atoms with Crippen molar-refractivity contribution in [3.8, 4) is 11.1 Å². The van der Waals surface area contributed by atoms with Crippen LogP contribution < -0.4 is 10.2 Å². The van der Waals surface area contributed by atoms with Crippen LogP contribution in [0.4, 0.5) is 21.6 Å². The molecule has 152 valence electrons. The lowest BCUT2D eigenvalue weighted by Gasteiger charge is -2.34. The maximum absolute atomic E-state index is 13.4. The van der Waals surface area contributed by atoms with Gasteiger partial charge in [-0.2, -0.15) is 0 Å². The molecule has 0 atom stereocenters. The van der Waals surface area contributed by atoms with E-state index in [0.717, 1.165) is 59.0 Å². The molecular weight excluding hydrogens is 397 g/mol. The van der Waals surface area contributed by atoms with Gasteiger partial charge in [-0.1, -0.05) is 12.1 Å². The number of piperazine rings is 1. The van der Waals surface area contributed by atoms with Crippen LogP contribution >= 0.6 is 11.3 Å². The van der Waals surface area contributed by atoms with Gasteiger partial charge in [0.05, 0.1) is 5.39 Å². The van der Waals surface area contributed by atoms with Crippen molar-refractivity contribution in [1.29, 1.82) is 0 Å². The van der Waals surface area contributed by atoms with Crippen molar-refractivity contribution in [2.45, 2.75) is 0 Å². The van der Waals surface area contributed by atoms with Gasteiger partial charge in [-0.05, 0) is 49.0 Å². The SMILES string of the molecule is CN1CCN(c2ccc(Nc3ncnc4scc(-c5ccc(F)cc5)c34)cc2)CC1. The van der Waals surface area contributed by atoms with E-state index in [2.05, 4.69) is 56.4 Å². The third-order valence-corrected chi connectivity index (χ3v) is 6.41. The summed E-state index contributed by atoms with van der Waals surface area (Å²) >= 11 is 1.56. The van der Waals surface area contributed by atoms with Crippen LogP contribution in [0, 0.1) is 5.82 Å². The van der Waals surface area contributed by atoms with Crippen molar-refractivity contribution in [2.24, 2.45) is 0 Å². The second-order valence-corrected chi connectivity index (χ2v) is 8.38. The first-order valence-corrected chi connectivity index (χ1v) is 10.8. The Morgan fingerprint density at radius 3 is 2.40 bits per heavy atom. The summed E-state index contributed by atoms with van der Waals surface area (Å²) in [5.74, 6) is 0.515. The van der Waals surface area contributed by atoms with Crippen LogP contribution in [0.25, 0.3) is 21.3 Å². The Bertz CT molecular complexity index is 1150. The molecule has 5 nitrogen and oxygen atoms in total. The van der Waals surface area contributed by atoms with E-state index in [1.807, 2.05) is 5.38 Å². The molecule has 4 aromatic rings. The third kappa shape index (κ3) is 3.74. The highest BCUT2D eigenvalue weighted by molar-refractivity contribution is 7.17. The fraction of sp³-hybridized carbons (Fsp3) is 0.217. The number of anilines is 3. The van der Waals surface area contributed by atoms with Gasteiger partial charge in [0.15, 0.2) is 0 Å². The monoisotopic (exact) mass is 419 g/mol. The average molecular weight is 420 g/mol. The topological polar surface area (TPSA) is 44.3 Å². The first-order chi connectivity index (χ1) is 14.7. The van der Waals surface area contributed by atoms with Crippen molar-refractivity contribution in [1.82, 2.24) is 14.9 Å². The Kier molecular flexibility index (Phi) is 5.06. The van der Waals surface area contributed by atoms with Gasteiger partial charge in [-0.25, -0.2) is 14.4 Å². The summed E-state index contributed by atoms with van der Waals surface area (Å²) in [5.41, 5.74) is 4.17. The normalized spacial score (nSPS) is 14.9. The quantitative estimate of drug-likeness (QED) is 0.505. The van der Waals surface area contributed by atoms with Crippen LogP contribution in [0.15, 0.2) is 60.2 Å². The molecule has 2 aromatic heterocycles. The molecule has 0 amide bonds. The molecule has 0 spiro atoms. The number of benzene rings is 2. The van der Waals surface area contributed by atoms with Gasteiger partial charge in [0.2, 0.25) is 0 Å². The minimum atomic E-state index is -0.242. The molecule has 2 aromatic carbocycles. The van der Waals surface area contributed by atoms with E-state index in [-0.39, 0.29) is 5.82 Å². The zero-order chi connectivity index (χ0) is 20.5. The molecule has 0 unspecified atom stereocenters. The molecule has 1 N–H and O–H groups in total. The Balaban J connectivity index is 1.43. The summed E-state index contributed by atoms with van der Waals surface area (Å²) < 4.78 is 13.4. The third-order valence-electron chi connectivity index (χ3n) is 5.52.